The molecule has 0 aromatic heterocycles. The highest BCUT2D eigenvalue weighted by Crippen LogP contribution is 2.30. The third kappa shape index (κ3) is 8.32. The third-order valence-corrected chi connectivity index (χ3v) is 6.61. The van der Waals surface area contributed by atoms with E-state index in [0.29, 0.717) is 41.7 Å². The van der Waals surface area contributed by atoms with Crippen molar-refractivity contribution in [2.24, 2.45) is 11.0 Å². The van der Waals surface area contributed by atoms with Crippen molar-refractivity contribution in [3.8, 4) is 11.5 Å². The van der Waals surface area contributed by atoms with Crippen molar-refractivity contribution in [3.05, 3.63) is 107 Å². The Morgan fingerprint density at radius 2 is 1.68 bits per heavy atom. The monoisotopic (exact) mass is 571 g/mol. The van der Waals surface area contributed by atoms with E-state index in [4.69, 9.17) is 21.1 Å². The molecule has 0 saturated carbocycles. The molecule has 2 amide bonds. The second kappa shape index (κ2) is 14.3. The highest BCUT2D eigenvalue weighted by atomic mass is 35.5. The van der Waals surface area contributed by atoms with Gasteiger partial charge in [-0.2, -0.15) is 5.10 Å². The van der Waals surface area contributed by atoms with Crippen LogP contribution in [0.1, 0.15) is 48.7 Å². The number of carbonyl (C=O) groups excluding carboxylic acids is 2. The second-order valence-corrected chi connectivity index (χ2v) is 10.4. The minimum absolute atomic E-state index is 0.176. The van der Waals surface area contributed by atoms with Gasteiger partial charge in [-0.25, -0.2) is 5.43 Å². The Morgan fingerprint density at radius 1 is 0.927 bits per heavy atom. The molecule has 0 fully saturated rings. The van der Waals surface area contributed by atoms with Crippen molar-refractivity contribution < 1.29 is 19.1 Å². The zero-order valence-electron chi connectivity index (χ0n) is 23.4. The summed E-state index contributed by atoms with van der Waals surface area (Å²) in [4.78, 5) is 25.6. The standard InChI is InChI=1S/C33H34ClN3O4/c1-4-40-31-19-23(12-17-30(31)41-21-26-10-7-9-24-8-5-6-11-28(24)26)20-35-37-33(39)29(18-22(2)3)36-32(38)25-13-15-27(34)16-14-25/h5-17,19-20,22,29H,4,18,21H2,1-3H3,(H,36,38)(H,37,39). The van der Waals surface area contributed by atoms with Crippen molar-refractivity contribution >= 4 is 40.4 Å². The number of benzene rings is 4. The van der Waals surface area contributed by atoms with Crippen LogP contribution in [0, 0.1) is 5.92 Å². The first-order chi connectivity index (χ1) is 19.8. The summed E-state index contributed by atoms with van der Waals surface area (Å²) in [5.74, 6) is 0.610. The number of halogens is 1. The number of nitrogens with one attached hydrogen (secondary N) is 2. The minimum Gasteiger partial charge on any atom is -0.490 e. The van der Waals surface area contributed by atoms with E-state index >= 15 is 0 Å². The summed E-state index contributed by atoms with van der Waals surface area (Å²) in [7, 11) is 0. The molecule has 41 heavy (non-hydrogen) atoms. The summed E-state index contributed by atoms with van der Waals surface area (Å²) in [6.07, 6.45) is 1.99. The van der Waals surface area contributed by atoms with Crippen LogP contribution in [0.3, 0.4) is 0 Å². The number of hydrazone groups is 1. The molecule has 0 aliphatic heterocycles. The predicted octanol–water partition coefficient (Wildman–Crippen LogP) is 6.77. The first-order valence-electron chi connectivity index (χ1n) is 13.6. The van der Waals surface area contributed by atoms with Gasteiger partial charge in [-0.1, -0.05) is 67.9 Å². The summed E-state index contributed by atoms with van der Waals surface area (Å²) in [5.41, 5.74) is 4.78. The zero-order valence-corrected chi connectivity index (χ0v) is 24.2. The highest BCUT2D eigenvalue weighted by Gasteiger charge is 2.22. The average Bonchev–Trinajstić information content (AvgIpc) is 2.96. The Morgan fingerprint density at radius 3 is 2.44 bits per heavy atom. The molecule has 1 atom stereocenters. The molecule has 4 aromatic carbocycles. The SMILES string of the molecule is CCOc1cc(C=NNC(=O)C(CC(C)C)NC(=O)c2ccc(Cl)cc2)ccc1OCc1cccc2ccccc12. The molecule has 0 bridgehead atoms. The Hall–Kier alpha value is -4.36. The molecule has 0 radical (unpaired) electrons. The lowest BCUT2D eigenvalue weighted by Gasteiger charge is -2.19. The summed E-state index contributed by atoms with van der Waals surface area (Å²) in [6.45, 7) is 6.73. The smallest absolute Gasteiger partial charge is 0.262 e. The lowest BCUT2D eigenvalue weighted by atomic mass is 10.0. The van der Waals surface area contributed by atoms with Gasteiger partial charge in [0.15, 0.2) is 11.5 Å². The van der Waals surface area contributed by atoms with E-state index in [-0.39, 0.29) is 11.8 Å². The maximum Gasteiger partial charge on any atom is 0.262 e. The van der Waals surface area contributed by atoms with Crippen LogP contribution in [-0.4, -0.2) is 30.7 Å². The van der Waals surface area contributed by atoms with Crippen LogP contribution in [-0.2, 0) is 11.4 Å². The maximum absolute atomic E-state index is 12.9. The molecular weight excluding hydrogens is 538 g/mol. The van der Waals surface area contributed by atoms with Gasteiger partial charge in [0, 0.05) is 10.6 Å². The summed E-state index contributed by atoms with van der Waals surface area (Å²) >= 11 is 5.92. The van der Waals surface area contributed by atoms with Crippen LogP contribution in [0.5, 0.6) is 11.5 Å². The Balaban J connectivity index is 1.41. The molecular formula is C33H34ClN3O4. The molecule has 4 rings (SSSR count). The molecule has 0 aliphatic rings. The Kier molecular flexibility index (Phi) is 10.3. The Labute approximate surface area is 245 Å². The summed E-state index contributed by atoms with van der Waals surface area (Å²) < 4.78 is 12.0. The molecule has 8 heteroatoms. The largest absolute Gasteiger partial charge is 0.490 e. The number of ether oxygens (including phenoxy) is 2. The number of nitrogens with zero attached hydrogens (tertiary/aromatic N) is 1. The molecule has 7 nitrogen and oxygen atoms in total. The number of carbonyl (C=O) groups is 2. The first kappa shape index (κ1) is 29.6. The maximum atomic E-state index is 12.9. The van der Waals surface area contributed by atoms with Crippen molar-refractivity contribution in [1.82, 2.24) is 10.7 Å². The zero-order chi connectivity index (χ0) is 29.2. The van der Waals surface area contributed by atoms with Gasteiger partial charge in [0.05, 0.1) is 12.8 Å². The van der Waals surface area contributed by atoms with E-state index in [9.17, 15) is 9.59 Å². The molecule has 0 heterocycles. The third-order valence-electron chi connectivity index (χ3n) is 6.35. The van der Waals surface area contributed by atoms with Gasteiger partial charge in [-0.3, -0.25) is 9.59 Å². The van der Waals surface area contributed by atoms with Crippen molar-refractivity contribution in [1.29, 1.82) is 0 Å². The number of amides is 2. The molecule has 0 saturated heterocycles. The van der Waals surface area contributed by atoms with Gasteiger partial charge in [-0.15, -0.1) is 0 Å². The van der Waals surface area contributed by atoms with Crippen molar-refractivity contribution in [2.45, 2.75) is 39.8 Å². The van der Waals surface area contributed by atoms with Gasteiger partial charge in [0.25, 0.3) is 11.8 Å². The van der Waals surface area contributed by atoms with E-state index < -0.39 is 11.9 Å². The molecule has 0 spiro atoms. The lowest BCUT2D eigenvalue weighted by Crippen LogP contribution is -2.46. The van der Waals surface area contributed by atoms with Crippen LogP contribution in [0.15, 0.2) is 90.0 Å². The number of fused-ring (bicyclic) bond motifs is 1. The van der Waals surface area contributed by atoms with Crippen LogP contribution >= 0.6 is 11.6 Å². The van der Waals surface area contributed by atoms with Crippen LogP contribution in [0.4, 0.5) is 0 Å². The van der Waals surface area contributed by atoms with Gasteiger partial charge < -0.3 is 14.8 Å². The number of rotatable bonds is 12. The molecule has 4 aromatic rings. The first-order valence-corrected chi connectivity index (χ1v) is 14.0. The minimum atomic E-state index is -0.751. The fourth-order valence-electron chi connectivity index (χ4n) is 4.36. The fraction of sp³-hybridized carbons (Fsp3) is 0.242. The lowest BCUT2D eigenvalue weighted by molar-refractivity contribution is -0.123. The summed E-state index contributed by atoms with van der Waals surface area (Å²) in [6, 6.07) is 25.6. The van der Waals surface area contributed by atoms with Gasteiger partial charge in [0.2, 0.25) is 0 Å². The molecule has 1 unspecified atom stereocenters. The fourth-order valence-corrected chi connectivity index (χ4v) is 4.49. The van der Waals surface area contributed by atoms with E-state index in [1.54, 1.807) is 24.3 Å². The van der Waals surface area contributed by atoms with E-state index in [0.717, 1.165) is 21.9 Å². The number of hydrogen-bond acceptors (Lipinski definition) is 5. The van der Waals surface area contributed by atoms with Gasteiger partial charge in [0.1, 0.15) is 12.6 Å². The van der Waals surface area contributed by atoms with Crippen LogP contribution < -0.4 is 20.2 Å². The van der Waals surface area contributed by atoms with Crippen molar-refractivity contribution in [3.63, 3.8) is 0 Å². The van der Waals surface area contributed by atoms with Gasteiger partial charge >= 0.3 is 0 Å². The normalized spacial score (nSPS) is 11.9. The predicted molar refractivity (Wildman–Crippen MR) is 164 cm³/mol. The van der Waals surface area contributed by atoms with Crippen LogP contribution in [0.2, 0.25) is 5.02 Å². The molecule has 0 aliphatic carbocycles. The highest BCUT2D eigenvalue weighted by molar-refractivity contribution is 6.30. The van der Waals surface area contributed by atoms with E-state index in [2.05, 4.69) is 40.1 Å². The average molecular weight is 572 g/mol. The molecule has 2 N–H and O–H groups in total. The Bertz CT molecular complexity index is 1510. The van der Waals surface area contributed by atoms with Crippen molar-refractivity contribution in [2.75, 3.05) is 6.61 Å². The molecule has 212 valence electrons. The van der Waals surface area contributed by atoms with E-state index in [1.165, 1.54) is 6.21 Å². The van der Waals surface area contributed by atoms with Gasteiger partial charge in [-0.05, 0) is 83.6 Å². The summed E-state index contributed by atoms with van der Waals surface area (Å²) in [5, 5.41) is 9.77. The quantitative estimate of drug-likeness (QED) is 0.145. The topological polar surface area (TPSA) is 89.0 Å². The van der Waals surface area contributed by atoms with Crippen LogP contribution in [0.25, 0.3) is 10.8 Å². The van der Waals surface area contributed by atoms with E-state index in [1.807, 2.05) is 57.2 Å². The second-order valence-electron chi connectivity index (χ2n) is 9.96. The number of hydrogen-bond donors (Lipinski definition) is 2.